The fourth-order valence-electron chi connectivity index (χ4n) is 4.63. The number of piperazine rings is 1. The molecule has 0 aliphatic carbocycles. The molecule has 1 aliphatic heterocycles. The van der Waals surface area contributed by atoms with E-state index in [9.17, 15) is 14.0 Å². The zero-order valence-electron chi connectivity index (χ0n) is 19.7. The van der Waals surface area contributed by atoms with Gasteiger partial charge in [0.15, 0.2) is 0 Å². The third-order valence-electron chi connectivity index (χ3n) is 6.45. The number of nitrogens with one attached hydrogen (secondary N) is 1. The van der Waals surface area contributed by atoms with Crippen LogP contribution in [0.15, 0.2) is 66.0 Å². The van der Waals surface area contributed by atoms with E-state index < -0.39 is 0 Å². The number of amides is 3. The van der Waals surface area contributed by atoms with E-state index in [1.54, 1.807) is 28.0 Å². The van der Waals surface area contributed by atoms with Gasteiger partial charge in [0.25, 0.3) is 5.91 Å². The van der Waals surface area contributed by atoms with Crippen molar-refractivity contribution in [2.45, 2.75) is 26.4 Å². The summed E-state index contributed by atoms with van der Waals surface area (Å²) in [6.45, 7) is 5.52. The molecular weight excluding hydrogens is 463 g/mol. The third-order valence-corrected chi connectivity index (χ3v) is 7.40. The molecule has 2 aromatic carbocycles. The van der Waals surface area contributed by atoms with Crippen LogP contribution in [0, 0.1) is 12.7 Å². The van der Waals surface area contributed by atoms with Gasteiger partial charge in [0.1, 0.15) is 16.3 Å². The van der Waals surface area contributed by atoms with Gasteiger partial charge in [-0.1, -0.05) is 30.3 Å². The molecule has 35 heavy (non-hydrogen) atoms. The highest BCUT2D eigenvalue weighted by Gasteiger charge is 2.32. The van der Waals surface area contributed by atoms with Crippen LogP contribution in [0.3, 0.4) is 0 Å². The number of rotatable bonds is 4. The minimum Gasteiger partial charge on any atom is -0.334 e. The van der Waals surface area contributed by atoms with E-state index in [4.69, 9.17) is 0 Å². The highest BCUT2D eigenvalue weighted by molar-refractivity contribution is 7.16. The van der Waals surface area contributed by atoms with Crippen LogP contribution >= 0.6 is 11.3 Å². The summed E-state index contributed by atoms with van der Waals surface area (Å²) < 4.78 is 16.3. The van der Waals surface area contributed by atoms with Gasteiger partial charge in [-0.25, -0.2) is 9.18 Å². The Labute approximate surface area is 207 Å². The number of carbonyl (C=O) groups excluding carboxylic acids is 2. The number of fused-ring (bicyclic) bond motifs is 1. The third kappa shape index (κ3) is 4.66. The second-order valence-electron chi connectivity index (χ2n) is 8.98. The number of nitrogens with zero attached hydrogens (tertiary/aromatic N) is 3. The molecule has 0 radical (unpaired) electrons. The lowest BCUT2D eigenvalue weighted by atomic mass is 10.1. The van der Waals surface area contributed by atoms with Crippen molar-refractivity contribution in [2.24, 2.45) is 0 Å². The van der Waals surface area contributed by atoms with Gasteiger partial charge >= 0.3 is 6.03 Å². The van der Waals surface area contributed by atoms with E-state index in [0.717, 1.165) is 21.5 Å². The molecule has 1 atom stereocenters. The Bertz CT molecular complexity index is 1390. The lowest BCUT2D eigenvalue weighted by Crippen LogP contribution is -2.56. The van der Waals surface area contributed by atoms with Crippen LogP contribution in [0.25, 0.3) is 10.2 Å². The number of thiophene rings is 1. The Balaban J connectivity index is 1.33. The molecule has 1 aliphatic rings. The van der Waals surface area contributed by atoms with Gasteiger partial charge in [-0.3, -0.25) is 4.79 Å². The fraction of sp³-hybridized carbons (Fsp3) is 0.259. The second kappa shape index (κ2) is 9.54. The van der Waals surface area contributed by atoms with Gasteiger partial charge in [0.05, 0.1) is 6.54 Å². The molecule has 5 rings (SSSR count). The van der Waals surface area contributed by atoms with Crippen LogP contribution in [0.4, 0.5) is 14.9 Å². The molecule has 0 saturated carbocycles. The summed E-state index contributed by atoms with van der Waals surface area (Å²) >= 11 is 1.54. The van der Waals surface area contributed by atoms with Gasteiger partial charge in [-0.15, -0.1) is 11.3 Å². The Morgan fingerprint density at radius 1 is 1.09 bits per heavy atom. The van der Waals surface area contributed by atoms with E-state index in [1.165, 1.54) is 17.4 Å². The number of hydrogen-bond acceptors (Lipinski definition) is 3. The predicted molar refractivity (Wildman–Crippen MR) is 138 cm³/mol. The van der Waals surface area contributed by atoms with Crippen LogP contribution in [0.2, 0.25) is 0 Å². The molecule has 3 amide bonds. The first-order valence-corrected chi connectivity index (χ1v) is 12.5. The predicted octanol–water partition coefficient (Wildman–Crippen LogP) is 5.58. The Kier molecular flexibility index (Phi) is 6.30. The Hall–Kier alpha value is -3.65. The zero-order chi connectivity index (χ0) is 24.5. The highest BCUT2D eigenvalue weighted by Crippen LogP contribution is 2.28. The molecule has 6 nitrogen and oxygen atoms in total. The molecule has 2 aromatic heterocycles. The summed E-state index contributed by atoms with van der Waals surface area (Å²) in [6, 6.07) is 17.9. The van der Waals surface area contributed by atoms with Gasteiger partial charge in [0.2, 0.25) is 0 Å². The van der Waals surface area contributed by atoms with Gasteiger partial charge in [-0.2, -0.15) is 0 Å². The normalized spacial score (nSPS) is 16.0. The molecule has 4 aromatic rings. The van der Waals surface area contributed by atoms with Crippen molar-refractivity contribution < 1.29 is 14.0 Å². The molecule has 8 heteroatoms. The van der Waals surface area contributed by atoms with E-state index >= 15 is 0 Å². The SMILES string of the molecule is Cc1cccc(NC(=O)N2CCN(C(=O)c3cc4ccsc4n3Cc3ccccc3F)C[C@@H]2C)c1. The van der Waals surface area contributed by atoms with Crippen LogP contribution < -0.4 is 5.32 Å². The minimum atomic E-state index is -0.286. The number of benzene rings is 2. The fourth-order valence-corrected chi connectivity index (χ4v) is 5.53. The molecule has 1 N–H and O–H groups in total. The molecular formula is C27H27FN4O2S. The van der Waals surface area contributed by atoms with Crippen molar-refractivity contribution >= 4 is 39.2 Å². The van der Waals surface area contributed by atoms with Crippen LogP contribution in [0.1, 0.15) is 28.5 Å². The van der Waals surface area contributed by atoms with Gasteiger partial charge < -0.3 is 19.7 Å². The molecule has 0 bridgehead atoms. The van der Waals surface area contributed by atoms with Crippen molar-refractivity contribution in [3.8, 4) is 0 Å². The molecule has 1 saturated heterocycles. The van der Waals surface area contributed by atoms with Crippen LogP contribution in [0.5, 0.6) is 0 Å². The summed E-state index contributed by atoms with van der Waals surface area (Å²) in [5, 5.41) is 5.91. The number of hydrogen-bond donors (Lipinski definition) is 1. The standard InChI is InChI=1S/C27H27FN4O2S/c1-18-6-5-8-22(14-18)29-27(34)31-12-11-30(16-19(31)2)25(33)24-15-20-10-13-35-26(20)32(24)17-21-7-3-4-9-23(21)28/h3-10,13-15,19H,11-12,16-17H2,1-2H3,(H,29,34)/t19-/m0/s1. The Morgan fingerprint density at radius 2 is 1.91 bits per heavy atom. The van der Waals surface area contributed by atoms with Gasteiger partial charge in [-0.05, 0) is 55.1 Å². The average Bonchev–Trinajstić information content (AvgIpc) is 3.42. The summed E-state index contributed by atoms with van der Waals surface area (Å²) in [7, 11) is 0. The smallest absolute Gasteiger partial charge is 0.322 e. The maximum atomic E-state index is 14.4. The Morgan fingerprint density at radius 3 is 2.69 bits per heavy atom. The highest BCUT2D eigenvalue weighted by atomic mass is 32.1. The zero-order valence-corrected chi connectivity index (χ0v) is 20.5. The first kappa shape index (κ1) is 23.1. The first-order valence-electron chi connectivity index (χ1n) is 11.6. The summed E-state index contributed by atoms with van der Waals surface area (Å²) in [6.07, 6.45) is 0. The maximum Gasteiger partial charge on any atom is 0.322 e. The largest absolute Gasteiger partial charge is 0.334 e. The monoisotopic (exact) mass is 490 g/mol. The number of carbonyl (C=O) groups is 2. The summed E-state index contributed by atoms with van der Waals surface area (Å²) in [5.41, 5.74) is 2.91. The number of halogens is 1. The van der Waals surface area contributed by atoms with Gasteiger partial charge in [0, 0.05) is 42.3 Å². The number of urea groups is 1. The number of anilines is 1. The van der Waals surface area contributed by atoms with Crippen molar-refractivity contribution in [1.29, 1.82) is 0 Å². The van der Waals surface area contributed by atoms with Crippen LogP contribution in [-0.4, -0.2) is 52.0 Å². The van der Waals surface area contributed by atoms with E-state index in [0.29, 0.717) is 30.9 Å². The summed E-state index contributed by atoms with van der Waals surface area (Å²) in [4.78, 5) is 31.0. The van der Waals surface area contributed by atoms with Crippen molar-refractivity contribution in [2.75, 3.05) is 25.0 Å². The molecule has 3 heterocycles. The van der Waals surface area contributed by atoms with E-state index in [-0.39, 0.29) is 30.3 Å². The maximum absolute atomic E-state index is 14.4. The van der Waals surface area contributed by atoms with Crippen molar-refractivity contribution in [3.63, 3.8) is 0 Å². The lowest BCUT2D eigenvalue weighted by molar-refractivity contribution is 0.0583. The lowest BCUT2D eigenvalue weighted by Gasteiger charge is -2.39. The minimum absolute atomic E-state index is 0.102. The molecule has 0 spiro atoms. The second-order valence-corrected chi connectivity index (χ2v) is 9.88. The quantitative estimate of drug-likeness (QED) is 0.406. The topological polar surface area (TPSA) is 57.6 Å². The molecule has 180 valence electrons. The number of aromatic nitrogens is 1. The average molecular weight is 491 g/mol. The van der Waals surface area contributed by atoms with Crippen molar-refractivity contribution in [3.05, 3.63) is 88.7 Å². The van der Waals surface area contributed by atoms with Crippen LogP contribution in [-0.2, 0) is 6.54 Å². The molecule has 0 unspecified atom stereocenters. The van der Waals surface area contributed by atoms with Crippen molar-refractivity contribution in [1.82, 2.24) is 14.4 Å². The first-order chi connectivity index (χ1) is 16.9. The summed E-state index contributed by atoms with van der Waals surface area (Å²) in [5.74, 6) is -0.388. The number of aryl methyl sites for hydroxylation is 1. The van der Waals surface area contributed by atoms with E-state index in [1.807, 2.05) is 60.2 Å². The molecule has 1 fully saturated rings. The van der Waals surface area contributed by atoms with E-state index in [2.05, 4.69) is 5.32 Å².